The lowest BCUT2D eigenvalue weighted by atomic mass is 10.1. The van der Waals surface area contributed by atoms with Crippen molar-refractivity contribution >= 4 is 45.8 Å². The zero-order valence-electron chi connectivity index (χ0n) is 20.6. The van der Waals surface area contributed by atoms with Gasteiger partial charge in [0.2, 0.25) is 11.9 Å². The van der Waals surface area contributed by atoms with Crippen molar-refractivity contribution in [2.24, 2.45) is 5.92 Å². The minimum absolute atomic E-state index is 0.0156. The maximum atomic E-state index is 12.9. The van der Waals surface area contributed by atoms with Crippen molar-refractivity contribution in [1.82, 2.24) is 9.97 Å². The van der Waals surface area contributed by atoms with Gasteiger partial charge in [-0.2, -0.15) is 4.98 Å². The van der Waals surface area contributed by atoms with Crippen LogP contribution in [0.3, 0.4) is 0 Å². The second-order valence-electron chi connectivity index (χ2n) is 9.16. The van der Waals surface area contributed by atoms with Gasteiger partial charge in [-0.15, -0.1) is 0 Å². The predicted molar refractivity (Wildman–Crippen MR) is 142 cm³/mol. The minimum Gasteiger partial charge on any atom is -0.469 e. The Morgan fingerprint density at radius 3 is 2.62 bits per heavy atom. The predicted octanol–water partition coefficient (Wildman–Crippen LogP) is 3.45. The number of aromatic nitrogens is 2. The second-order valence-corrected chi connectivity index (χ2v) is 10.7. The number of fused-ring (bicyclic) bond motifs is 1. The lowest BCUT2D eigenvalue weighted by Crippen LogP contribution is -2.29. The molecule has 2 atom stereocenters. The first-order valence-electron chi connectivity index (χ1n) is 12.3. The molecule has 10 heteroatoms. The zero-order valence-corrected chi connectivity index (χ0v) is 21.4. The minimum atomic E-state index is -1.19. The number of anilines is 4. The molecule has 9 nitrogen and oxygen atoms in total. The number of hydrogen-bond acceptors (Lipinski definition) is 8. The summed E-state index contributed by atoms with van der Waals surface area (Å²) in [5.74, 6) is 1.15. The van der Waals surface area contributed by atoms with Crippen molar-refractivity contribution in [3.8, 4) is 0 Å². The highest BCUT2D eigenvalue weighted by Gasteiger charge is 2.32. The number of aryl methyl sites for hydroxylation is 1. The highest BCUT2D eigenvalue weighted by molar-refractivity contribution is 7.85. The van der Waals surface area contributed by atoms with Crippen LogP contribution in [0, 0.1) is 5.92 Å². The van der Waals surface area contributed by atoms with Crippen LogP contribution >= 0.6 is 0 Å². The molecular weight excluding hydrogens is 490 g/mol. The Bertz CT molecular complexity index is 1320. The molecule has 3 aromatic rings. The van der Waals surface area contributed by atoms with Gasteiger partial charge < -0.3 is 20.3 Å². The number of amides is 1. The first kappa shape index (κ1) is 24.9. The van der Waals surface area contributed by atoms with Gasteiger partial charge in [0.1, 0.15) is 4.90 Å². The Morgan fingerprint density at radius 1 is 1.08 bits per heavy atom. The van der Waals surface area contributed by atoms with Crippen LogP contribution in [0.25, 0.3) is 0 Å². The van der Waals surface area contributed by atoms with Crippen LogP contribution in [-0.4, -0.2) is 52.0 Å². The van der Waals surface area contributed by atoms with Crippen molar-refractivity contribution in [1.29, 1.82) is 0 Å². The summed E-state index contributed by atoms with van der Waals surface area (Å²) in [5, 5.41) is 6.31. The maximum absolute atomic E-state index is 12.9. The van der Waals surface area contributed by atoms with Gasteiger partial charge in [-0.3, -0.25) is 13.8 Å². The van der Waals surface area contributed by atoms with Crippen LogP contribution in [-0.2, 0) is 38.0 Å². The summed E-state index contributed by atoms with van der Waals surface area (Å²) in [5.41, 5.74) is 3.17. The molecule has 1 amide bonds. The van der Waals surface area contributed by atoms with Gasteiger partial charge in [-0.05, 0) is 49.1 Å². The molecule has 0 unspecified atom stereocenters. The quantitative estimate of drug-likeness (QED) is 0.457. The fourth-order valence-electron chi connectivity index (χ4n) is 4.59. The number of esters is 1. The Labute approximate surface area is 218 Å². The van der Waals surface area contributed by atoms with Crippen LogP contribution in [0.5, 0.6) is 0 Å². The number of nitrogens with zero attached hydrogens (tertiary/aromatic N) is 3. The topological polar surface area (TPSA) is 114 Å². The van der Waals surface area contributed by atoms with E-state index in [4.69, 9.17) is 14.7 Å². The van der Waals surface area contributed by atoms with Crippen LogP contribution in [0.15, 0.2) is 59.5 Å². The van der Waals surface area contributed by atoms with E-state index in [1.165, 1.54) is 7.11 Å². The molecule has 0 saturated carbocycles. The smallest absolute Gasteiger partial charge is 0.309 e. The van der Waals surface area contributed by atoms with Crippen molar-refractivity contribution in [3.63, 3.8) is 0 Å². The number of ether oxygens (including phenoxy) is 1. The molecule has 192 valence electrons. The van der Waals surface area contributed by atoms with E-state index < -0.39 is 10.8 Å². The van der Waals surface area contributed by atoms with Crippen LogP contribution in [0.4, 0.5) is 23.1 Å². The van der Waals surface area contributed by atoms with E-state index in [1.54, 1.807) is 0 Å². The molecule has 2 N–H and O–H groups in total. The molecule has 37 heavy (non-hydrogen) atoms. The van der Waals surface area contributed by atoms with E-state index in [-0.39, 0.29) is 24.2 Å². The van der Waals surface area contributed by atoms with Gasteiger partial charge in [-0.25, -0.2) is 4.98 Å². The number of benzene rings is 2. The lowest BCUT2D eigenvalue weighted by Gasteiger charge is -2.23. The van der Waals surface area contributed by atoms with Crippen molar-refractivity contribution in [2.75, 3.05) is 41.5 Å². The Balaban J connectivity index is 1.35. The van der Waals surface area contributed by atoms with Crippen LogP contribution in [0.2, 0.25) is 0 Å². The Morgan fingerprint density at radius 2 is 1.86 bits per heavy atom. The molecule has 0 radical (unpaired) electrons. The molecule has 1 saturated heterocycles. The number of rotatable bonds is 7. The van der Waals surface area contributed by atoms with Gasteiger partial charge in [0.05, 0.1) is 35.9 Å². The van der Waals surface area contributed by atoms with Crippen molar-refractivity contribution in [2.45, 2.75) is 30.6 Å². The van der Waals surface area contributed by atoms with E-state index in [0.29, 0.717) is 41.9 Å². The summed E-state index contributed by atoms with van der Waals surface area (Å²) in [6.07, 6.45) is 2.44. The molecule has 2 aliphatic heterocycles. The third kappa shape index (κ3) is 5.80. The van der Waals surface area contributed by atoms with Gasteiger partial charge in [0.15, 0.2) is 5.82 Å². The van der Waals surface area contributed by atoms with Crippen LogP contribution in [0.1, 0.15) is 24.1 Å². The molecule has 2 aliphatic rings. The number of methoxy groups -OCH3 is 1. The van der Waals surface area contributed by atoms with Gasteiger partial charge in [0, 0.05) is 30.2 Å². The van der Waals surface area contributed by atoms with Gasteiger partial charge >= 0.3 is 5.97 Å². The summed E-state index contributed by atoms with van der Waals surface area (Å²) in [7, 11) is 0.176. The molecule has 0 aliphatic carbocycles. The first-order valence-corrected chi connectivity index (χ1v) is 13.6. The number of nitrogens with one attached hydrogen (secondary N) is 2. The van der Waals surface area contributed by atoms with E-state index in [1.807, 2.05) is 59.5 Å². The number of carbonyl (C=O) groups is 2. The van der Waals surface area contributed by atoms with E-state index in [2.05, 4.69) is 10.6 Å². The second kappa shape index (κ2) is 11.1. The Hall–Kier alpha value is -3.79. The third-order valence-electron chi connectivity index (χ3n) is 6.57. The lowest BCUT2D eigenvalue weighted by molar-refractivity contribution is -0.139. The number of para-hydroxylation sites is 1. The molecule has 2 aromatic carbocycles. The number of carbonyl (C=O) groups excluding carboxylic acids is 2. The summed E-state index contributed by atoms with van der Waals surface area (Å²) >= 11 is 0. The SMILES string of the molecule is COC(=O)Cc1ccc(Nc2nc(N3CC[C@@H](C(=O)Nc4ccccc4)C3)nc3c2[S@](=O)CCC3)cc1. The summed E-state index contributed by atoms with van der Waals surface area (Å²) in [6, 6.07) is 16.9. The molecule has 3 heterocycles. The highest BCUT2D eigenvalue weighted by atomic mass is 32.2. The molecule has 1 aromatic heterocycles. The molecule has 0 bridgehead atoms. The fourth-order valence-corrected chi connectivity index (χ4v) is 5.93. The monoisotopic (exact) mass is 519 g/mol. The first-order chi connectivity index (χ1) is 18.0. The third-order valence-corrected chi connectivity index (χ3v) is 8.11. The standard InChI is InChI=1S/C27H29N5O4S/c1-36-23(33)16-18-9-11-21(12-10-18)28-25-24-22(8-5-15-37(24)35)30-27(31-25)32-14-13-19(17-32)26(34)29-20-6-3-2-4-7-20/h2-4,6-7,9-12,19H,5,8,13-17H2,1H3,(H,29,34)(H,28,30,31)/t19-,37-/m1/s1. The normalized spacial score (nSPS) is 18.7. The van der Waals surface area contributed by atoms with Crippen molar-refractivity contribution < 1.29 is 18.5 Å². The maximum Gasteiger partial charge on any atom is 0.309 e. The Kier molecular flexibility index (Phi) is 7.45. The largest absolute Gasteiger partial charge is 0.469 e. The average Bonchev–Trinajstić information content (AvgIpc) is 3.41. The van der Waals surface area contributed by atoms with E-state index >= 15 is 0 Å². The van der Waals surface area contributed by atoms with Crippen molar-refractivity contribution in [3.05, 3.63) is 65.9 Å². The van der Waals surface area contributed by atoms with E-state index in [9.17, 15) is 13.8 Å². The number of hydrogen-bond donors (Lipinski definition) is 2. The summed E-state index contributed by atoms with van der Waals surface area (Å²) < 4.78 is 17.7. The average molecular weight is 520 g/mol. The zero-order chi connectivity index (χ0) is 25.8. The van der Waals surface area contributed by atoms with Crippen LogP contribution < -0.4 is 15.5 Å². The molecule has 1 fully saturated rings. The molecular formula is C27H29N5O4S. The summed E-state index contributed by atoms with van der Waals surface area (Å²) in [6.45, 7) is 1.18. The fraction of sp³-hybridized carbons (Fsp3) is 0.333. The van der Waals surface area contributed by atoms with Gasteiger partial charge in [-0.1, -0.05) is 30.3 Å². The molecule has 5 rings (SSSR count). The molecule has 0 spiro atoms. The van der Waals surface area contributed by atoms with Gasteiger partial charge in [0.25, 0.3) is 0 Å². The summed E-state index contributed by atoms with van der Waals surface area (Å²) in [4.78, 5) is 36.6. The highest BCUT2D eigenvalue weighted by Crippen LogP contribution is 2.32. The van der Waals surface area contributed by atoms with E-state index in [0.717, 1.165) is 35.5 Å².